The summed E-state index contributed by atoms with van der Waals surface area (Å²) in [6, 6.07) is -0.112. The number of carbonyl (C=O) groups excluding carboxylic acids is 2. The molecule has 2 aromatic rings. The third-order valence-corrected chi connectivity index (χ3v) is 5.77. The third kappa shape index (κ3) is 4.12. The third-order valence-electron chi connectivity index (χ3n) is 5.77. The lowest BCUT2D eigenvalue weighted by Gasteiger charge is -2.40. The Bertz CT molecular complexity index is 899. The highest BCUT2D eigenvalue weighted by Crippen LogP contribution is 2.37. The van der Waals surface area contributed by atoms with E-state index in [4.69, 9.17) is 0 Å². The standard InChI is InChI=1S/C20H28N8O2/c1-12(2)6-16-15(20(30)23-8-17-24-13(3)25-26-17)7-14-10-27(11-19(29)28(14)16)18-9-21-4-5-22-18/h4-5,9,12,14-16H,6-8,10-11H2,1-3H3,(H,23,30)(H,24,25,26)/t14-,15-,16-/m1/s1. The normalized spacial score (nSPS) is 23.7. The van der Waals surface area contributed by atoms with E-state index in [1.807, 2.05) is 16.7 Å². The minimum Gasteiger partial charge on any atom is -0.348 e. The quantitative estimate of drug-likeness (QED) is 0.715. The summed E-state index contributed by atoms with van der Waals surface area (Å²) in [6.07, 6.45) is 6.35. The summed E-state index contributed by atoms with van der Waals surface area (Å²) in [7, 11) is 0. The zero-order valence-electron chi connectivity index (χ0n) is 17.6. The van der Waals surface area contributed by atoms with Crippen LogP contribution in [0.2, 0.25) is 0 Å². The first-order valence-corrected chi connectivity index (χ1v) is 10.4. The van der Waals surface area contributed by atoms with E-state index in [0.717, 1.165) is 6.42 Å². The number of aromatic nitrogens is 5. The van der Waals surface area contributed by atoms with Crippen molar-refractivity contribution >= 4 is 17.6 Å². The Morgan fingerprint density at radius 3 is 2.87 bits per heavy atom. The summed E-state index contributed by atoms with van der Waals surface area (Å²) in [5.74, 6) is 2.10. The number of fused-ring (bicyclic) bond motifs is 1. The zero-order valence-corrected chi connectivity index (χ0v) is 17.6. The fourth-order valence-electron chi connectivity index (χ4n) is 4.58. The highest BCUT2D eigenvalue weighted by molar-refractivity contribution is 5.86. The molecule has 2 aliphatic heterocycles. The number of piperazine rings is 1. The maximum Gasteiger partial charge on any atom is 0.242 e. The second kappa shape index (κ2) is 8.37. The molecule has 2 aromatic heterocycles. The van der Waals surface area contributed by atoms with Crippen molar-refractivity contribution in [1.82, 2.24) is 35.4 Å². The Morgan fingerprint density at radius 1 is 1.37 bits per heavy atom. The van der Waals surface area contributed by atoms with Crippen molar-refractivity contribution in [2.24, 2.45) is 11.8 Å². The molecule has 2 N–H and O–H groups in total. The average Bonchev–Trinajstić information content (AvgIpc) is 3.30. The summed E-state index contributed by atoms with van der Waals surface area (Å²) >= 11 is 0. The number of nitrogens with zero attached hydrogens (tertiary/aromatic N) is 6. The molecule has 0 bridgehead atoms. The molecule has 2 fully saturated rings. The molecule has 160 valence electrons. The maximum absolute atomic E-state index is 13.1. The number of amides is 2. The van der Waals surface area contributed by atoms with E-state index >= 15 is 0 Å². The molecule has 0 spiro atoms. The summed E-state index contributed by atoms with van der Waals surface area (Å²) in [6.45, 7) is 7.26. The Labute approximate surface area is 175 Å². The minimum atomic E-state index is -0.247. The van der Waals surface area contributed by atoms with Crippen LogP contribution in [0.5, 0.6) is 0 Å². The predicted octanol–water partition coefficient (Wildman–Crippen LogP) is 0.671. The van der Waals surface area contributed by atoms with E-state index in [0.29, 0.717) is 36.4 Å². The Morgan fingerprint density at radius 2 is 2.20 bits per heavy atom. The van der Waals surface area contributed by atoms with Gasteiger partial charge in [-0.1, -0.05) is 13.8 Å². The van der Waals surface area contributed by atoms with Crippen molar-refractivity contribution in [3.63, 3.8) is 0 Å². The van der Waals surface area contributed by atoms with Crippen molar-refractivity contribution in [1.29, 1.82) is 0 Å². The van der Waals surface area contributed by atoms with E-state index in [1.165, 1.54) is 0 Å². The van der Waals surface area contributed by atoms with Crippen LogP contribution in [0.15, 0.2) is 18.6 Å². The predicted molar refractivity (Wildman–Crippen MR) is 109 cm³/mol. The molecule has 10 nitrogen and oxygen atoms in total. The van der Waals surface area contributed by atoms with E-state index in [9.17, 15) is 9.59 Å². The summed E-state index contributed by atoms with van der Waals surface area (Å²) in [5.41, 5.74) is 0. The van der Waals surface area contributed by atoms with Gasteiger partial charge in [0.15, 0.2) is 5.82 Å². The van der Waals surface area contributed by atoms with Gasteiger partial charge >= 0.3 is 0 Å². The fraction of sp³-hybridized carbons (Fsp3) is 0.600. The van der Waals surface area contributed by atoms with Crippen molar-refractivity contribution in [2.45, 2.75) is 52.2 Å². The molecule has 0 aliphatic carbocycles. The topological polar surface area (TPSA) is 120 Å². The van der Waals surface area contributed by atoms with Crippen LogP contribution in [-0.2, 0) is 16.1 Å². The first-order chi connectivity index (χ1) is 14.4. The van der Waals surface area contributed by atoms with Gasteiger partial charge in [-0.3, -0.25) is 19.7 Å². The lowest BCUT2D eigenvalue weighted by Crippen LogP contribution is -2.57. The van der Waals surface area contributed by atoms with Crippen LogP contribution in [0.4, 0.5) is 5.82 Å². The number of rotatable bonds is 6. The first kappa shape index (κ1) is 20.2. The molecule has 2 amide bonds. The number of carbonyl (C=O) groups is 2. The van der Waals surface area contributed by atoms with Crippen LogP contribution in [-0.4, -0.2) is 67.0 Å². The molecule has 4 heterocycles. The molecule has 0 unspecified atom stereocenters. The van der Waals surface area contributed by atoms with Gasteiger partial charge in [-0.2, -0.15) is 5.10 Å². The van der Waals surface area contributed by atoms with Gasteiger partial charge in [0.1, 0.15) is 11.6 Å². The fourth-order valence-corrected chi connectivity index (χ4v) is 4.58. The van der Waals surface area contributed by atoms with E-state index in [1.54, 1.807) is 18.6 Å². The van der Waals surface area contributed by atoms with Gasteiger partial charge in [-0.25, -0.2) is 9.97 Å². The molecule has 0 radical (unpaired) electrons. The van der Waals surface area contributed by atoms with Crippen molar-refractivity contribution < 1.29 is 9.59 Å². The van der Waals surface area contributed by atoms with Gasteiger partial charge in [0.25, 0.3) is 0 Å². The van der Waals surface area contributed by atoms with Crippen LogP contribution in [0.25, 0.3) is 0 Å². The van der Waals surface area contributed by atoms with Gasteiger partial charge in [-0.05, 0) is 25.7 Å². The van der Waals surface area contributed by atoms with Crippen molar-refractivity contribution in [3.8, 4) is 0 Å². The molecule has 2 saturated heterocycles. The second-order valence-electron chi connectivity index (χ2n) is 8.49. The van der Waals surface area contributed by atoms with Crippen molar-refractivity contribution in [2.75, 3.05) is 18.0 Å². The molecular weight excluding hydrogens is 384 g/mol. The molecule has 10 heteroatoms. The lowest BCUT2D eigenvalue weighted by molar-refractivity contribution is -0.135. The number of aromatic amines is 1. The van der Waals surface area contributed by atoms with Gasteiger partial charge in [0, 0.05) is 25.0 Å². The number of nitrogens with one attached hydrogen (secondary N) is 2. The van der Waals surface area contributed by atoms with Crippen LogP contribution < -0.4 is 10.2 Å². The minimum absolute atomic E-state index is 0.0153. The number of anilines is 1. The molecular formula is C20H28N8O2. The van der Waals surface area contributed by atoms with Gasteiger partial charge in [0.2, 0.25) is 11.8 Å². The number of hydrogen-bond acceptors (Lipinski definition) is 7. The highest BCUT2D eigenvalue weighted by Gasteiger charge is 2.49. The maximum atomic E-state index is 13.1. The monoisotopic (exact) mass is 412 g/mol. The first-order valence-electron chi connectivity index (χ1n) is 10.4. The van der Waals surface area contributed by atoms with Crippen LogP contribution in [0.1, 0.15) is 38.3 Å². The molecule has 3 atom stereocenters. The molecule has 2 aliphatic rings. The largest absolute Gasteiger partial charge is 0.348 e. The van der Waals surface area contributed by atoms with Gasteiger partial charge in [-0.15, -0.1) is 0 Å². The van der Waals surface area contributed by atoms with Gasteiger partial charge in [0.05, 0.1) is 31.2 Å². The summed E-state index contributed by atoms with van der Waals surface area (Å²) in [5, 5.41) is 9.82. The van der Waals surface area contributed by atoms with E-state index in [-0.39, 0.29) is 42.9 Å². The molecule has 0 aromatic carbocycles. The Hall–Kier alpha value is -3.04. The SMILES string of the molecule is Cc1nc(CNC(=O)[C@@H]2C[C@@H]3CN(c4cnccn4)CC(=O)N3[C@@H]2CC(C)C)n[nH]1. The van der Waals surface area contributed by atoms with Crippen molar-refractivity contribution in [3.05, 3.63) is 30.2 Å². The zero-order chi connectivity index (χ0) is 21.3. The molecule has 0 saturated carbocycles. The Balaban J connectivity index is 1.49. The summed E-state index contributed by atoms with van der Waals surface area (Å²) in [4.78, 5) is 42.7. The molecule has 4 rings (SSSR count). The van der Waals surface area contributed by atoms with Crippen LogP contribution >= 0.6 is 0 Å². The number of hydrogen-bond donors (Lipinski definition) is 2. The highest BCUT2D eigenvalue weighted by atomic mass is 16.2. The van der Waals surface area contributed by atoms with Crippen LogP contribution in [0.3, 0.4) is 0 Å². The number of aryl methyl sites for hydroxylation is 1. The van der Waals surface area contributed by atoms with E-state index in [2.05, 4.69) is 44.3 Å². The lowest BCUT2D eigenvalue weighted by atomic mass is 9.91. The average molecular weight is 412 g/mol. The number of H-pyrrole nitrogens is 1. The van der Waals surface area contributed by atoms with E-state index < -0.39 is 0 Å². The molecule has 30 heavy (non-hydrogen) atoms. The Kier molecular flexibility index (Phi) is 5.65. The smallest absolute Gasteiger partial charge is 0.242 e. The van der Waals surface area contributed by atoms with Crippen LogP contribution in [0, 0.1) is 18.8 Å². The summed E-state index contributed by atoms with van der Waals surface area (Å²) < 4.78 is 0. The van der Waals surface area contributed by atoms with Gasteiger partial charge < -0.3 is 15.1 Å². The second-order valence-corrected chi connectivity index (χ2v) is 8.49.